The first-order chi connectivity index (χ1) is 23.7. The largest absolute Gasteiger partial charge is 0.508 e. The standard InChI is InChI=1S/C25H33N7O3.C11H8O3/c1-18-24(33)29(2)14-15-30(18)16-17-35-21-6-4-19(5-7-21)20-10-12-31(13-11-20)23-9-8-22-26-27-25(34-3)32(22)28-23;12-10-4-3-7-5-9(11(13)14)2-1-8(7)6-10/h4-9,18,20H,10-17H2,1-3H3;1-6,12H,(H,13,14)/t18-;/m1./s1. The Balaban J connectivity index is 0.000000248. The molecule has 2 aliphatic heterocycles. The molecule has 2 fully saturated rings. The van der Waals surface area contributed by atoms with Crippen molar-refractivity contribution in [1.29, 1.82) is 0 Å². The lowest BCUT2D eigenvalue weighted by Gasteiger charge is -2.37. The van der Waals surface area contributed by atoms with E-state index in [9.17, 15) is 14.7 Å². The van der Waals surface area contributed by atoms with Crippen molar-refractivity contribution in [2.45, 2.75) is 31.7 Å². The second kappa shape index (κ2) is 14.8. The maximum atomic E-state index is 12.2. The number of aromatic nitrogens is 4. The highest BCUT2D eigenvalue weighted by Crippen LogP contribution is 2.31. The molecule has 13 nitrogen and oxygen atoms in total. The van der Waals surface area contributed by atoms with Crippen LogP contribution in [0.4, 0.5) is 5.82 Å². The highest BCUT2D eigenvalue weighted by Gasteiger charge is 2.29. The molecule has 0 spiro atoms. The monoisotopic (exact) mass is 667 g/mol. The Labute approximate surface area is 284 Å². The van der Waals surface area contributed by atoms with Gasteiger partial charge in [0.25, 0.3) is 0 Å². The average molecular weight is 668 g/mol. The number of phenolic OH excluding ortho intramolecular Hbond substituents is 1. The molecule has 2 aliphatic rings. The molecule has 1 amide bonds. The first kappa shape index (κ1) is 33.5. The predicted octanol–water partition coefficient (Wildman–Crippen LogP) is 4.30. The molecule has 0 saturated carbocycles. The molecule has 13 heteroatoms. The third kappa shape index (κ3) is 7.67. The summed E-state index contributed by atoms with van der Waals surface area (Å²) >= 11 is 0. The van der Waals surface area contributed by atoms with E-state index in [0.717, 1.165) is 67.9 Å². The Bertz CT molecular complexity index is 1920. The Morgan fingerprint density at radius 1 is 0.918 bits per heavy atom. The number of carbonyl (C=O) groups is 2. The van der Waals surface area contributed by atoms with Crippen LogP contribution in [0.3, 0.4) is 0 Å². The lowest BCUT2D eigenvalue weighted by Crippen LogP contribution is -2.55. The van der Waals surface area contributed by atoms with Crippen molar-refractivity contribution >= 4 is 34.1 Å². The topological polar surface area (TPSA) is 146 Å². The molecule has 7 rings (SSSR count). The molecule has 1 atom stereocenters. The van der Waals surface area contributed by atoms with Crippen LogP contribution >= 0.6 is 0 Å². The SMILES string of the molecule is COc1nnc2ccc(N3CCC(c4ccc(OCCN5CCN(C)C(=O)[C@H]5C)cc4)CC3)nn12.O=C(O)c1ccc2cc(O)ccc2c1. The van der Waals surface area contributed by atoms with Crippen LogP contribution in [-0.4, -0.2) is 111 Å². The number of carboxylic acid groups (broad SMARTS) is 1. The first-order valence-corrected chi connectivity index (χ1v) is 16.4. The second-order valence-corrected chi connectivity index (χ2v) is 12.4. The molecular formula is C36H41N7O6. The molecule has 2 saturated heterocycles. The average Bonchev–Trinajstić information content (AvgIpc) is 3.54. The van der Waals surface area contributed by atoms with Crippen molar-refractivity contribution in [3.63, 3.8) is 0 Å². The highest BCUT2D eigenvalue weighted by molar-refractivity contribution is 5.94. The lowest BCUT2D eigenvalue weighted by atomic mass is 9.89. The number of ether oxygens (including phenoxy) is 2. The summed E-state index contributed by atoms with van der Waals surface area (Å²) < 4.78 is 12.9. The van der Waals surface area contributed by atoms with E-state index in [-0.39, 0.29) is 23.3 Å². The number of hydrogen-bond acceptors (Lipinski definition) is 10. The number of anilines is 1. The van der Waals surface area contributed by atoms with Gasteiger partial charge in [-0.2, -0.15) is 4.52 Å². The molecule has 5 aromatic rings. The number of carboxylic acids is 1. The van der Waals surface area contributed by atoms with E-state index < -0.39 is 5.97 Å². The second-order valence-electron chi connectivity index (χ2n) is 12.4. The van der Waals surface area contributed by atoms with Gasteiger partial charge in [-0.05, 0) is 90.6 Å². The van der Waals surface area contributed by atoms with Gasteiger partial charge in [0.2, 0.25) is 5.91 Å². The Morgan fingerprint density at radius 2 is 1.65 bits per heavy atom. The fourth-order valence-corrected chi connectivity index (χ4v) is 6.34. The molecule has 0 unspecified atom stereocenters. The van der Waals surface area contributed by atoms with Gasteiger partial charge in [-0.25, -0.2) is 4.79 Å². The van der Waals surface area contributed by atoms with Crippen LogP contribution in [0.5, 0.6) is 17.5 Å². The number of nitrogens with zero attached hydrogens (tertiary/aromatic N) is 7. The number of fused-ring (bicyclic) bond motifs is 2. The van der Waals surface area contributed by atoms with Gasteiger partial charge in [0.05, 0.1) is 18.7 Å². The van der Waals surface area contributed by atoms with Gasteiger partial charge in [0.15, 0.2) is 5.65 Å². The molecule has 49 heavy (non-hydrogen) atoms. The number of aromatic hydroxyl groups is 1. The quantitative estimate of drug-likeness (QED) is 0.244. The summed E-state index contributed by atoms with van der Waals surface area (Å²) in [6.45, 7) is 6.84. The summed E-state index contributed by atoms with van der Waals surface area (Å²) in [5.41, 5.74) is 2.27. The van der Waals surface area contributed by atoms with Gasteiger partial charge in [-0.1, -0.05) is 29.4 Å². The van der Waals surface area contributed by atoms with Crippen LogP contribution in [0, 0.1) is 0 Å². The number of rotatable bonds is 8. The molecule has 3 aromatic carbocycles. The maximum Gasteiger partial charge on any atom is 0.338 e. The van der Waals surface area contributed by atoms with Crippen LogP contribution in [0.2, 0.25) is 0 Å². The van der Waals surface area contributed by atoms with Gasteiger partial charge in [-0.15, -0.1) is 10.2 Å². The van der Waals surface area contributed by atoms with E-state index in [1.54, 1.807) is 40.8 Å². The maximum absolute atomic E-state index is 12.2. The van der Waals surface area contributed by atoms with Gasteiger partial charge < -0.3 is 29.5 Å². The molecule has 2 N–H and O–H groups in total. The normalized spacial score (nSPS) is 17.2. The van der Waals surface area contributed by atoms with Gasteiger partial charge in [-0.3, -0.25) is 9.69 Å². The third-order valence-electron chi connectivity index (χ3n) is 9.30. The van der Waals surface area contributed by atoms with Crippen LogP contribution in [0.1, 0.15) is 41.6 Å². The molecule has 0 aliphatic carbocycles. The van der Waals surface area contributed by atoms with E-state index in [1.807, 2.05) is 26.1 Å². The van der Waals surface area contributed by atoms with Crippen LogP contribution in [0.15, 0.2) is 72.8 Å². The summed E-state index contributed by atoms with van der Waals surface area (Å²) in [7, 11) is 3.44. The minimum atomic E-state index is -0.944. The minimum absolute atomic E-state index is 0.0821. The van der Waals surface area contributed by atoms with Crippen LogP contribution in [-0.2, 0) is 4.79 Å². The number of hydrogen-bond donors (Lipinski definition) is 2. The predicted molar refractivity (Wildman–Crippen MR) is 185 cm³/mol. The fourth-order valence-electron chi connectivity index (χ4n) is 6.34. The molecule has 0 radical (unpaired) electrons. The van der Waals surface area contributed by atoms with Crippen LogP contribution < -0.4 is 14.4 Å². The number of methoxy groups -OCH3 is 1. The number of amides is 1. The number of piperidine rings is 1. The number of phenols is 1. The van der Waals surface area contributed by atoms with Crippen molar-refractivity contribution in [2.24, 2.45) is 0 Å². The number of likely N-dealkylation sites (N-methyl/N-ethyl adjacent to an activating group) is 1. The number of benzene rings is 3. The zero-order valence-corrected chi connectivity index (χ0v) is 27.9. The summed E-state index contributed by atoms with van der Waals surface area (Å²) in [5, 5.41) is 32.3. The first-order valence-electron chi connectivity index (χ1n) is 16.4. The minimum Gasteiger partial charge on any atom is -0.508 e. The molecule has 2 aromatic heterocycles. The summed E-state index contributed by atoms with van der Waals surface area (Å²) in [6.07, 6.45) is 2.13. The Kier molecular flexibility index (Phi) is 10.1. The van der Waals surface area contributed by atoms with Crippen molar-refractivity contribution in [3.05, 3.63) is 83.9 Å². The summed E-state index contributed by atoms with van der Waals surface area (Å²) in [6, 6.07) is 22.3. The number of aromatic carboxylic acids is 1. The summed E-state index contributed by atoms with van der Waals surface area (Å²) in [4.78, 5) is 29.1. The van der Waals surface area contributed by atoms with Crippen molar-refractivity contribution in [2.75, 3.05) is 58.4 Å². The van der Waals surface area contributed by atoms with E-state index in [0.29, 0.717) is 24.2 Å². The summed E-state index contributed by atoms with van der Waals surface area (Å²) in [5.74, 6) is 1.72. The smallest absolute Gasteiger partial charge is 0.338 e. The van der Waals surface area contributed by atoms with Crippen molar-refractivity contribution in [1.82, 2.24) is 29.6 Å². The van der Waals surface area contributed by atoms with Crippen molar-refractivity contribution in [3.8, 4) is 17.5 Å². The molecular weight excluding hydrogens is 626 g/mol. The molecule has 256 valence electrons. The van der Waals surface area contributed by atoms with E-state index in [2.05, 4.69) is 49.4 Å². The zero-order valence-electron chi connectivity index (χ0n) is 27.9. The van der Waals surface area contributed by atoms with Gasteiger partial charge in [0, 0.05) is 39.8 Å². The molecule has 0 bridgehead atoms. The van der Waals surface area contributed by atoms with E-state index in [4.69, 9.17) is 14.6 Å². The van der Waals surface area contributed by atoms with Gasteiger partial charge in [0.1, 0.15) is 23.9 Å². The number of piperazine rings is 1. The zero-order chi connectivity index (χ0) is 34.5. The van der Waals surface area contributed by atoms with Crippen LogP contribution in [0.25, 0.3) is 16.4 Å². The third-order valence-corrected chi connectivity index (χ3v) is 9.30. The molecule has 4 heterocycles. The fraction of sp³-hybridized carbons (Fsp3) is 0.361. The van der Waals surface area contributed by atoms with Gasteiger partial charge >= 0.3 is 12.0 Å². The Hall–Kier alpha value is -5.43. The van der Waals surface area contributed by atoms with E-state index >= 15 is 0 Å². The van der Waals surface area contributed by atoms with E-state index in [1.165, 1.54) is 17.7 Å². The highest BCUT2D eigenvalue weighted by atomic mass is 16.5. The lowest BCUT2D eigenvalue weighted by molar-refractivity contribution is -0.139. The Morgan fingerprint density at radius 3 is 2.39 bits per heavy atom. The number of carbonyl (C=O) groups excluding carboxylic acids is 1. The van der Waals surface area contributed by atoms with Crippen molar-refractivity contribution < 1.29 is 29.3 Å².